The van der Waals surface area contributed by atoms with Crippen molar-refractivity contribution in [2.24, 2.45) is 0 Å². The van der Waals surface area contributed by atoms with Crippen LogP contribution in [0.1, 0.15) is 17.3 Å². The summed E-state index contributed by atoms with van der Waals surface area (Å²) in [5.74, 6) is -1.44. The molecule has 0 saturated heterocycles. The molecule has 1 aromatic carbocycles. The molecular formula is C8H4BrF3O2. The van der Waals surface area contributed by atoms with Gasteiger partial charge >= 0.3 is 12.1 Å². The number of hydrogen-bond donors (Lipinski definition) is 1. The highest BCUT2D eigenvalue weighted by atomic mass is 79.9. The van der Waals surface area contributed by atoms with E-state index in [4.69, 9.17) is 6.48 Å². The summed E-state index contributed by atoms with van der Waals surface area (Å²) in [5, 5.41) is 8.61. The van der Waals surface area contributed by atoms with Crippen LogP contribution in [0.3, 0.4) is 0 Å². The average Bonchev–Trinajstić information content (AvgIpc) is 1.99. The molecule has 0 unspecified atom stereocenters. The topological polar surface area (TPSA) is 37.3 Å². The van der Waals surface area contributed by atoms with Gasteiger partial charge in [0.25, 0.3) is 0 Å². The van der Waals surface area contributed by atoms with Gasteiger partial charge in [0.2, 0.25) is 0 Å². The van der Waals surface area contributed by atoms with Crippen molar-refractivity contribution in [2.75, 3.05) is 0 Å². The summed E-state index contributed by atoms with van der Waals surface area (Å²) in [6.45, 7) is 0. The molecule has 0 aliphatic rings. The van der Waals surface area contributed by atoms with E-state index in [0.717, 1.165) is 0 Å². The molecule has 0 aliphatic carbocycles. The fourth-order valence-corrected chi connectivity index (χ4v) is 1.33. The first-order chi connectivity index (χ1) is 6.73. The molecule has 1 aromatic rings. The number of aromatic carboxylic acids is 1. The van der Waals surface area contributed by atoms with E-state index in [2.05, 4.69) is 15.9 Å². The van der Waals surface area contributed by atoms with E-state index in [9.17, 15) is 18.0 Å². The first-order valence-corrected chi connectivity index (χ1v) is 4.13. The van der Waals surface area contributed by atoms with Crippen molar-refractivity contribution in [1.29, 1.82) is 0 Å². The van der Waals surface area contributed by atoms with E-state index >= 15 is 0 Å². The van der Waals surface area contributed by atoms with Crippen molar-refractivity contribution >= 4 is 21.9 Å². The van der Waals surface area contributed by atoms with Crippen LogP contribution in [0, 0.1) is 0 Å². The van der Waals surface area contributed by atoms with E-state index < -0.39 is 29.3 Å². The van der Waals surface area contributed by atoms with E-state index in [1.807, 2.05) is 0 Å². The SMILES string of the molecule is [2H]c1cc(C(F)(F)F)cc(Br)c1C(=O)O. The lowest BCUT2D eigenvalue weighted by Gasteiger charge is -2.07. The van der Waals surface area contributed by atoms with Crippen LogP contribution < -0.4 is 0 Å². The Balaban J connectivity index is 3.39. The number of carbonyl (C=O) groups is 1. The van der Waals surface area contributed by atoms with Gasteiger partial charge in [0.1, 0.15) is 0 Å². The quantitative estimate of drug-likeness (QED) is 0.851. The molecule has 0 aliphatic heterocycles. The summed E-state index contributed by atoms with van der Waals surface area (Å²) in [7, 11) is 0. The second kappa shape index (κ2) is 3.61. The molecule has 0 fully saturated rings. The molecule has 1 N–H and O–H groups in total. The predicted molar refractivity (Wildman–Crippen MR) is 46.1 cm³/mol. The minimum absolute atomic E-state index is 0.255. The zero-order valence-electron chi connectivity index (χ0n) is 7.52. The molecule has 0 atom stereocenters. The van der Waals surface area contributed by atoms with Crippen molar-refractivity contribution in [3.63, 3.8) is 0 Å². The van der Waals surface area contributed by atoms with Gasteiger partial charge in [-0.05, 0) is 34.1 Å². The minimum Gasteiger partial charge on any atom is -0.478 e. The summed E-state index contributed by atoms with van der Waals surface area (Å²) < 4.78 is 43.6. The van der Waals surface area contributed by atoms with Gasteiger partial charge in [0.05, 0.1) is 12.5 Å². The Bertz CT molecular complexity index is 394. The van der Waals surface area contributed by atoms with Crippen molar-refractivity contribution in [3.8, 4) is 0 Å². The third-order valence-corrected chi connectivity index (χ3v) is 2.06. The van der Waals surface area contributed by atoms with Crippen LogP contribution in [0.15, 0.2) is 22.6 Å². The molecule has 0 amide bonds. The molecule has 0 radical (unpaired) electrons. The lowest BCUT2D eigenvalue weighted by atomic mass is 10.1. The molecule has 0 bridgehead atoms. The average molecular weight is 270 g/mol. The summed E-state index contributed by atoms with van der Waals surface area (Å²) in [4.78, 5) is 10.6. The molecule has 0 aromatic heterocycles. The summed E-state index contributed by atoms with van der Waals surface area (Å²) in [6, 6.07) is 0.444. The number of hydrogen-bond acceptors (Lipinski definition) is 1. The zero-order chi connectivity index (χ0) is 11.8. The van der Waals surface area contributed by atoms with Gasteiger partial charge in [0.15, 0.2) is 0 Å². The number of carboxylic acids is 1. The Morgan fingerprint density at radius 1 is 1.57 bits per heavy atom. The molecular weight excluding hydrogens is 265 g/mol. The Labute approximate surface area is 86.9 Å². The predicted octanol–water partition coefficient (Wildman–Crippen LogP) is 3.17. The van der Waals surface area contributed by atoms with Crippen molar-refractivity contribution in [2.45, 2.75) is 6.18 Å². The van der Waals surface area contributed by atoms with Crippen LogP contribution in [-0.2, 0) is 6.18 Å². The van der Waals surface area contributed by atoms with Gasteiger partial charge in [-0.25, -0.2) is 4.79 Å². The van der Waals surface area contributed by atoms with Crippen LogP contribution >= 0.6 is 15.9 Å². The lowest BCUT2D eigenvalue weighted by Crippen LogP contribution is -2.06. The smallest absolute Gasteiger partial charge is 0.416 e. The third kappa shape index (κ3) is 2.25. The molecule has 0 heterocycles. The number of alkyl halides is 3. The maximum Gasteiger partial charge on any atom is 0.416 e. The first kappa shape index (κ1) is 9.51. The van der Waals surface area contributed by atoms with Crippen LogP contribution in [-0.4, -0.2) is 11.1 Å². The van der Waals surface area contributed by atoms with E-state index in [0.29, 0.717) is 12.1 Å². The maximum atomic E-state index is 12.2. The van der Waals surface area contributed by atoms with Gasteiger partial charge < -0.3 is 5.11 Å². The Kier molecular flexibility index (Phi) is 2.45. The van der Waals surface area contributed by atoms with Crippen LogP contribution in [0.2, 0.25) is 0 Å². The molecule has 1 rings (SSSR count). The first-order valence-electron chi connectivity index (χ1n) is 3.84. The summed E-state index contributed by atoms with van der Waals surface area (Å²) >= 11 is 2.69. The number of halogens is 4. The number of carboxylic acid groups (broad SMARTS) is 1. The maximum absolute atomic E-state index is 12.2. The van der Waals surface area contributed by atoms with E-state index in [-0.39, 0.29) is 4.47 Å². The third-order valence-electron chi connectivity index (χ3n) is 1.43. The molecule has 0 saturated carbocycles. The highest BCUT2D eigenvalue weighted by molar-refractivity contribution is 9.10. The molecule has 76 valence electrons. The fraction of sp³-hybridized carbons (Fsp3) is 0.125. The van der Waals surface area contributed by atoms with Crippen molar-refractivity contribution in [1.82, 2.24) is 0 Å². The number of rotatable bonds is 1. The van der Waals surface area contributed by atoms with Gasteiger partial charge in [0, 0.05) is 4.47 Å². The van der Waals surface area contributed by atoms with Crippen molar-refractivity contribution in [3.05, 3.63) is 33.8 Å². The molecule has 0 spiro atoms. The zero-order valence-corrected chi connectivity index (χ0v) is 8.11. The Hall–Kier alpha value is -1.04. The van der Waals surface area contributed by atoms with E-state index in [1.54, 1.807) is 0 Å². The molecule has 6 heteroatoms. The highest BCUT2D eigenvalue weighted by Gasteiger charge is 2.31. The van der Waals surface area contributed by atoms with Crippen LogP contribution in [0.25, 0.3) is 0 Å². The Morgan fingerprint density at radius 3 is 2.50 bits per heavy atom. The van der Waals surface area contributed by atoms with Gasteiger partial charge in [-0.2, -0.15) is 13.2 Å². The second-order valence-corrected chi connectivity index (χ2v) is 3.27. The standard InChI is InChI=1S/C8H4BrF3O2/c9-6-3-4(8(10,11)12)1-2-5(6)7(13)14/h1-3H,(H,13,14)/i2D. The highest BCUT2D eigenvalue weighted by Crippen LogP contribution is 2.32. The minimum atomic E-state index is -4.59. The van der Waals surface area contributed by atoms with Crippen LogP contribution in [0.5, 0.6) is 0 Å². The normalized spacial score (nSPS) is 12.4. The lowest BCUT2D eigenvalue weighted by molar-refractivity contribution is -0.137. The van der Waals surface area contributed by atoms with Gasteiger partial charge in [-0.15, -0.1) is 0 Å². The number of benzene rings is 1. The monoisotopic (exact) mass is 269 g/mol. The van der Waals surface area contributed by atoms with Crippen LogP contribution in [0.4, 0.5) is 13.2 Å². The molecule has 2 nitrogen and oxygen atoms in total. The summed E-state index contributed by atoms with van der Waals surface area (Å²) in [6.07, 6.45) is -4.59. The van der Waals surface area contributed by atoms with Crippen molar-refractivity contribution < 1.29 is 24.4 Å². The largest absolute Gasteiger partial charge is 0.478 e. The Morgan fingerprint density at radius 2 is 2.14 bits per heavy atom. The van der Waals surface area contributed by atoms with E-state index in [1.165, 1.54) is 0 Å². The van der Waals surface area contributed by atoms with Gasteiger partial charge in [-0.1, -0.05) is 0 Å². The second-order valence-electron chi connectivity index (χ2n) is 2.41. The summed E-state index contributed by atoms with van der Waals surface area (Å²) in [5.41, 5.74) is -1.53. The molecule has 14 heavy (non-hydrogen) atoms. The fourth-order valence-electron chi connectivity index (χ4n) is 0.797. The van der Waals surface area contributed by atoms with Gasteiger partial charge in [-0.3, -0.25) is 0 Å².